The van der Waals surface area contributed by atoms with E-state index in [9.17, 15) is 4.79 Å². The van der Waals surface area contributed by atoms with Gasteiger partial charge < -0.3 is 24.3 Å². The molecular weight excluding hydrogens is 348 g/mol. The van der Waals surface area contributed by atoms with E-state index in [-0.39, 0.29) is 17.6 Å². The highest BCUT2D eigenvalue weighted by molar-refractivity contribution is 5.92. The lowest BCUT2D eigenvalue weighted by molar-refractivity contribution is -0.146. The van der Waals surface area contributed by atoms with Crippen molar-refractivity contribution in [2.45, 2.75) is 37.4 Å². The Morgan fingerprint density at radius 1 is 1.26 bits per heavy atom. The van der Waals surface area contributed by atoms with E-state index in [2.05, 4.69) is 10.2 Å². The van der Waals surface area contributed by atoms with Gasteiger partial charge in [0.15, 0.2) is 11.5 Å². The van der Waals surface area contributed by atoms with Gasteiger partial charge in [-0.2, -0.15) is 0 Å². The highest BCUT2D eigenvalue weighted by Crippen LogP contribution is 2.36. The molecule has 1 spiro atoms. The fourth-order valence-electron chi connectivity index (χ4n) is 4.33. The van der Waals surface area contributed by atoms with Crippen molar-refractivity contribution in [1.82, 2.24) is 4.90 Å². The maximum atomic E-state index is 12.6. The standard InChI is InChI=1S/C20H28N2O5/c1-24-18-6-8-22(14-20(18)7-2-11-27-20)13-19(23)21-15-4-5-16-17(12-15)26-10-3-9-25-16/h4-5,12,18H,2-3,6-11,13-14H2,1H3,(H,21,23)/t18-,20+/m1/s1. The normalized spacial score (nSPS) is 28.1. The number of likely N-dealkylation sites (tertiary alicyclic amines) is 1. The Kier molecular flexibility index (Phi) is 5.52. The third-order valence-electron chi connectivity index (χ3n) is 5.60. The number of anilines is 1. The first-order valence-electron chi connectivity index (χ1n) is 9.77. The molecule has 3 aliphatic rings. The fraction of sp³-hybridized carbons (Fsp3) is 0.650. The summed E-state index contributed by atoms with van der Waals surface area (Å²) in [4.78, 5) is 14.7. The van der Waals surface area contributed by atoms with E-state index in [1.807, 2.05) is 18.2 Å². The van der Waals surface area contributed by atoms with E-state index >= 15 is 0 Å². The van der Waals surface area contributed by atoms with Gasteiger partial charge >= 0.3 is 0 Å². The second-order valence-corrected chi connectivity index (χ2v) is 7.50. The number of ether oxygens (including phenoxy) is 4. The van der Waals surface area contributed by atoms with Crippen molar-refractivity contribution in [1.29, 1.82) is 0 Å². The van der Waals surface area contributed by atoms with Crippen LogP contribution in [0.4, 0.5) is 5.69 Å². The van der Waals surface area contributed by atoms with Crippen LogP contribution in [-0.2, 0) is 14.3 Å². The Balaban J connectivity index is 1.36. The molecule has 27 heavy (non-hydrogen) atoms. The summed E-state index contributed by atoms with van der Waals surface area (Å²) >= 11 is 0. The number of nitrogens with zero attached hydrogens (tertiary/aromatic N) is 1. The number of fused-ring (bicyclic) bond motifs is 1. The molecular formula is C20H28N2O5. The summed E-state index contributed by atoms with van der Waals surface area (Å²) in [6.07, 6.45) is 3.90. The first-order valence-corrected chi connectivity index (χ1v) is 9.77. The van der Waals surface area contributed by atoms with Crippen molar-refractivity contribution in [3.63, 3.8) is 0 Å². The van der Waals surface area contributed by atoms with Gasteiger partial charge in [-0.15, -0.1) is 0 Å². The van der Waals surface area contributed by atoms with Crippen LogP contribution < -0.4 is 14.8 Å². The molecule has 0 unspecified atom stereocenters. The predicted octanol–water partition coefficient (Wildman–Crippen LogP) is 2.06. The Bertz CT molecular complexity index is 674. The van der Waals surface area contributed by atoms with Crippen LogP contribution in [0, 0.1) is 0 Å². The Hall–Kier alpha value is -1.83. The van der Waals surface area contributed by atoms with Crippen molar-refractivity contribution < 1.29 is 23.7 Å². The zero-order valence-corrected chi connectivity index (χ0v) is 15.9. The minimum Gasteiger partial charge on any atom is -0.490 e. The van der Waals surface area contributed by atoms with Crippen LogP contribution in [0.5, 0.6) is 11.5 Å². The lowest BCUT2D eigenvalue weighted by Gasteiger charge is -2.44. The molecule has 3 aliphatic heterocycles. The van der Waals surface area contributed by atoms with Crippen LogP contribution in [-0.4, -0.2) is 69.1 Å². The maximum Gasteiger partial charge on any atom is 0.238 e. The van der Waals surface area contributed by atoms with Crippen LogP contribution in [0.15, 0.2) is 18.2 Å². The predicted molar refractivity (Wildman–Crippen MR) is 100 cm³/mol. The van der Waals surface area contributed by atoms with Crippen molar-refractivity contribution in [3.8, 4) is 11.5 Å². The highest BCUT2D eigenvalue weighted by atomic mass is 16.6. The molecule has 1 aromatic rings. The van der Waals surface area contributed by atoms with Crippen molar-refractivity contribution >= 4 is 11.6 Å². The van der Waals surface area contributed by atoms with E-state index in [1.165, 1.54) is 0 Å². The number of hydrogen-bond acceptors (Lipinski definition) is 6. The average Bonchev–Trinajstić information content (AvgIpc) is 2.98. The van der Waals surface area contributed by atoms with Gasteiger partial charge in [0, 0.05) is 45.0 Å². The highest BCUT2D eigenvalue weighted by Gasteiger charge is 2.47. The molecule has 0 saturated carbocycles. The molecule has 0 radical (unpaired) electrons. The number of hydrogen-bond donors (Lipinski definition) is 1. The summed E-state index contributed by atoms with van der Waals surface area (Å²) in [5.74, 6) is 1.38. The quantitative estimate of drug-likeness (QED) is 0.868. The number of nitrogens with one attached hydrogen (secondary N) is 1. The fourth-order valence-corrected chi connectivity index (χ4v) is 4.33. The zero-order valence-electron chi connectivity index (χ0n) is 15.9. The molecule has 2 saturated heterocycles. The topological polar surface area (TPSA) is 69.3 Å². The second kappa shape index (κ2) is 8.04. The van der Waals surface area contributed by atoms with E-state index < -0.39 is 0 Å². The Morgan fingerprint density at radius 3 is 2.89 bits per heavy atom. The Morgan fingerprint density at radius 2 is 2.11 bits per heavy atom. The molecule has 7 nitrogen and oxygen atoms in total. The van der Waals surface area contributed by atoms with Gasteiger partial charge in [0.2, 0.25) is 5.91 Å². The molecule has 7 heteroatoms. The van der Waals surface area contributed by atoms with Crippen molar-refractivity contribution in [2.75, 3.05) is 51.9 Å². The second-order valence-electron chi connectivity index (χ2n) is 7.50. The molecule has 3 heterocycles. The number of benzene rings is 1. The number of piperidine rings is 1. The van der Waals surface area contributed by atoms with Gasteiger partial charge in [-0.25, -0.2) is 0 Å². The molecule has 4 rings (SSSR count). The minimum atomic E-state index is -0.261. The van der Waals surface area contributed by atoms with E-state index in [1.54, 1.807) is 7.11 Å². The summed E-state index contributed by atoms with van der Waals surface area (Å²) in [5.41, 5.74) is 0.463. The minimum absolute atomic E-state index is 0.0338. The zero-order chi connectivity index (χ0) is 18.7. The first-order chi connectivity index (χ1) is 13.2. The van der Waals surface area contributed by atoms with Gasteiger partial charge in [0.05, 0.1) is 25.9 Å². The SMILES string of the molecule is CO[C@@H]1CCN(CC(=O)Nc2ccc3c(c2)OCCCO3)C[C@@]12CCCO2. The number of amides is 1. The number of carbonyl (C=O) groups is 1. The van der Waals surface area contributed by atoms with Crippen LogP contribution in [0.1, 0.15) is 25.7 Å². The summed E-state index contributed by atoms with van der Waals surface area (Å²) in [5, 5.41) is 2.98. The smallest absolute Gasteiger partial charge is 0.238 e. The average molecular weight is 376 g/mol. The molecule has 0 aromatic heterocycles. The van der Waals surface area contributed by atoms with Crippen LogP contribution in [0.2, 0.25) is 0 Å². The van der Waals surface area contributed by atoms with Gasteiger partial charge in [-0.3, -0.25) is 9.69 Å². The lowest BCUT2D eigenvalue weighted by Crippen LogP contribution is -2.58. The van der Waals surface area contributed by atoms with Gasteiger partial charge in [0.1, 0.15) is 5.60 Å². The summed E-state index contributed by atoms with van der Waals surface area (Å²) in [6.45, 7) is 3.96. The van der Waals surface area contributed by atoms with Crippen LogP contribution in [0.3, 0.4) is 0 Å². The van der Waals surface area contributed by atoms with E-state index in [0.29, 0.717) is 25.5 Å². The van der Waals surface area contributed by atoms with Gasteiger partial charge in [-0.05, 0) is 31.4 Å². The molecule has 1 aromatic carbocycles. The lowest BCUT2D eigenvalue weighted by atomic mass is 9.87. The monoisotopic (exact) mass is 376 g/mol. The molecule has 1 N–H and O–H groups in total. The third-order valence-corrected chi connectivity index (χ3v) is 5.60. The Labute approximate surface area is 159 Å². The van der Waals surface area contributed by atoms with Crippen LogP contribution >= 0.6 is 0 Å². The van der Waals surface area contributed by atoms with Gasteiger partial charge in [-0.1, -0.05) is 0 Å². The maximum absolute atomic E-state index is 12.6. The van der Waals surface area contributed by atoms with Crippen molar-refractivity contribution in [3.05, 3.63) is 18.2 Å². The van der Waals surface area contributed by atoms with Crippen LogP contribution in [0.25, 0.3) is 0 Å². The number of rotatable bonds is 4. The van der Waals surface area contributed by atoms with E-state index in [0.717, 1.165) is 56.8 Å². The summed E-state index contributed by atoms with van der Waals surface area (Å²) in [6, 6.07) is 5.53. The third kappa shape index (κ3) is 4.05. The largest absolute Gasteiger partial charge is 0.490 e. The molecule has 1 amide bonds. The molecule has 0 aliphatic carbocycles. The van der Waals surface area contributed by atoms with Crippen molar-refractivity contribution in [2.24, 2.45) is 0 Å². The van der Waals surface area contributed by atoms with E-state index in [4.69, 9.17) is 18.9 Å². The molecule has 2 fully saturated rings. The van der Waals surface area contributed by atoms with Gasteiger partial charge in [0.25, 0.3) is 0 Å². The molecule has 0 bridgehead atoms. The molecule has 2 atom stereocenters. The summed E-state index contributed by atoms with van der Waals surface area (Å²) < 4.78 is 23.0. The first kappa shape index (κ1) is 18.5. The molecule has 148 valence electrons. The summed E-state index contributed by atoms with van der Waals surface area (Å²) in [7, 11) is 1.75. The number of methoxy groups -OCH3 is 1. The number of carbonyl (C=O) groups excluding carboxylic acids is 1.